The van der Waals surface area contributed by atoms with Crippen LogP contribution in [-0.2, 0) is 11.4 Å². The Kier molecular flexibility index (Phi) is 6.96. The van der Waals surface area contributed by atoms with E-state index in [1.165, 1.54) is 8.99 Å². The average molecular weight is 471 g/mol. The lowest BCUT2D eigenvalue weighted by atomic mass is 10.2. The Morgan fingerprint density at radius 1 is 1.09 bits per heavy atom. The summed E-state index contributed by atoms with van der Waals surface area (Å²) in [6, 6.07) is 9.04. The number of anilines is 1. The molecule has 2 aliphatic rings. The van der Waals surface area contributed by atoms with E-state index in [0.29, 0.717) is 24.5 Å². The molecule has 2 aromatic rings. The molecule has 0 radical (unpaired) electrons. The zero-order valence-corrected chi connectivity index (χ0v) is 18.3. The van der Waals surface area contributed by atoms with Crippen LogP contribution in [0.4, 0.5) is 18.9 Å². The summed E-state index contributed by atoms with van der Waals surface area (Å²) in [6.45, 7) is 1.02. The summed E-state index contributed by atoms with van der Waals surface area (Å²) in [5, 5.41) is 4.32. The molecule has 2 fully saturated rings. The van der Waals surface area contributed by atoms with Gasteiger partial charge in [0.15, 0.2) is 0 Å². The summed E-state index contributed by atoms with van der Waals surface area (Å²) in [5.74, 6) is -1.14. The molecule has 174 valence electrons. The van der Waals surface area contributed by atoms with Gasteiger partial charge in [-0.2, -0.15) is 23.0 Å². The van der Waals surface area contributed by atoms with Crippen LogP contribution in [0, 0.1) is 0 Å². The van der Waals surface area contributed by atoms with Gasteiger partial charge in [-0.25, -0.2) is 0 Å². The van der Waals surface area contributed by atoms with E-state index in [1.807, 2.05) is 23.1 Å². The van der Waals surface area contributed by atoms with E-state index in [9.17, 15) is 22.5 Å². The minimum absolute atomic E-state index is 0.0475. The van der Waals surface area contributed by atoms with Crippen LogP contribution in [0.2, 0.25) is 0 Å². The van der Waals surface area contributed by atoms with Crippen LogP contribution in [0.5, 0.6) is 5.75 Å². The molecule has 1 saturated heterocycles. The van der Waals surface area contributed by atoms with Gasteiger partial charge < -0.3 is 14.2 Å². The number of ether oxygens (including phenoxy) is 1. The molecule has 0 bridgehead atoms. The maximum atomic E-state index is 13.3. The fraction of sp³-hybridized carbons (Fsp3) is 0.524. The van der Waals surface area contributed by atoms with Crippen LogP contribution in [0.3, 0.4) is 0 Å². The number of hydrogen-bond donors (Lipinski definition) is 0. The Hall–Kier alpha value is -2.24. The van der Waals surface area contributed by atoms with Crippen LogP contribution in [0.1, 0.15) is 25.7 Å². The highest BCUT2D eigenvalue weighted by molar-refractivity contribution is 7.89. The van der Waals surface area contributed by atoms with Gasteiger partial charge in [0.25, 0.3) is 0 Å². The summed E-state index contributed by atoms with van der Waals surface area (Å²) < 4.78 is 58.5. The Morgan fingerprint density at radius 2 is 1.75 bits per heavy atom. The molecular formula is C21H25F3N4O3S. The van der Waals surface area contributed by atoms with Gasteiger partial charge in [-0.15, -0.1) is 4.31 Å². The van der Waals surface area contributed by atoms with Crippen LogP contribution >= 0.6 is 0 Å². The van der Waals surface area contributed by atoms with Crippen molar-refractivity contribution in [2.24, 2.45) is 0 Å². The molecule has 1 aliphatic carbocycles. The topological polar surface area (TPSA) is 73.7 Å². The number of nitrogens with zero attached hydrogens (tertiary/aromatic N) is 4. The quantitative estimate of drug-likeness (QED) is 0.605. The maximum Gasteiger partial charge on any atom is 0.435 e. The lowest BCUT2D eigenvalue weighted by molar-refractivity contribution is -0.107. The lowest BCUT2D eigenvalue weighted by Gasteiger charge is -2.36. The predicted molar refractivity (Wildman–Crippen MR) is 116 cm³/mol. The molecule has 1 aromatic heterocycles. The Bertz CT molecular complexity index is 959. The summed E-state index contributed by atoms with van der Waals surface area (Å²) in [7, 11) is 0. The number of piperazine rings is 1. The number of rotatable bonds is 6. The lowest BCUT2D eigenvalue weighted by Crippen LogP contribution is -2.51. The Labute approximate surface area is 187 Å². The highest BCUT2D eigenvalue weighted by Crippen LogP contribution is 2.30. The summed E-state index contributed by atoms with van der Waals surface area (Å²) in [5.41, 5.74) is 0.770. The van der Waals surface area contributed by atoms with Crippen molar-refractivity contribution in [1.82, 2.24) is 14.1 Å². The first-order valence-corrected chi connectivity index (χ1v) is 11.9. The summed E-state index contributed by atoms with van der Waals surface area (Å²) >= 11 is -2.12. The summed E-state index contributed by atoms with van der Waals surface area (Å²) in [6.07, 6.45) is 0.877. The van der Waals surface area contributed by atoms with Crippen molar-refractivity contribution in [3.63, 3.8) is 0 Å². The molecule has 32 heavy (non-hydrogen) atoms. The number of halogens is 3. The number of para-hydroxylation sites is 1. The monoisotopic (exact) mass is 470 g/mol. The van der Waals surface area contributed by atoms with Gasteiger partial charge in [-0.3, -0.25) is 4.79 Å². The SMILES string of the molecule is O=c1c(OC2CCCC2)c(N2CCN([S+]([O-])CC(F)(F)F)CC2)cnn1-c1ccccc1. The number of benzene rings is 1. The normalized spacial score (nSPS) is 19.3. The maximum absolute atomic E-state index is 13.3. The van der Waals surface area contributed by atoms with E-state index in [4.69, 9.17) is 4.74 Å². The third-order valence-corrected chi connectivity index (χ3v) is 7.17. The van der Waals surface area contributed by atoms with Gasteiger partial charge >= 0.3 is 11.7 Å². The molecule has 11 heteroatoms. The van der Waals surface area contributed by atoms with E-state index >= 15 is 0 Å². The highest BCUT2D eigenvalue weighted by atomic mass is 32.2. The first-order valence-electron chi connectivity index (χ1n) is 10.6. The molecule has 7 nitrogen and oxygen atoms in total. The first-order chi connectivity index (χ1) is 15.3. The summed E-state index contributed by atoms with van der Waals surface area (Å²) in [4.78, 5) is 15.2. The predicted octanol–water partition coefficient (Wildman–Crippen LogP) is 2.90. The van der Waals surface area contributed by atoms with E-state index in [1.54, 1.807) is 18.3 Å². The second kappa shape index (κ2) is 9.72. The van der Waals surface area contributed by atoms with Crippen molar-refractivity contribution in [2.45, 2.75) is 38.0 Å². The van der Waals surface area contributed by atoms with E-state index in [2.05, 4.69) is 5.10 Å². The van der Waals surface area contributed by atoms with E-state index in [-0.39, 0.29) is 30.5 Å². The molecule has 1 aliphatic heterocycles. The molecule has 1 atom stereocenters. The molecule has 2 heterocycles. The third kappa shape index (κ3) is 5.38. The van der Waals surface area contributed by atoms with Crippen molar-refractivity contribution < 1.29 is 22.5 Å². The van der Waals surface area contributed by atoms with E-state index in [0.717, 1.165) is 25.7 Å². The number of hydrogen-bond acceptors (Lipinski definition) is 6. The molecule has 0 spiro atoms. The fourth-order valence-corrected chi connectivity index (χ4v) is 5.09. The zero-order valence-electron chi connectivity index (χ0n) is 17.5. The van der Waals surface area contributed by atoms with Gasteiger partial charge in [0.1, 0.15) is 5.69 Å². The fourth-order valence-electron chi connectivity index (χ4n) is 4.06. The van der Waals surface area contributed by atoms with Crippen molar-refractivity contribution in [2.75, 3.05) is 36.8 Å². The van der Waals surface area contributed by atoms with Crippen molar-refractivity contribution in [3.8, 4) is 11.4 Å². The van der Waals surface area contributed by atoms with Gasteiger partial charge in [-0.1, -0.05) is 18.2 Å². The number of aromatic nitrogens is 2. The molecule has 1 unspecified atom stereocenters. The average Bonchev–Trinajstić information content (AvgIpc) is 3.28. The smallest absolute Gasteiger partial charge is 0.435 e. The second-order valence-corrected chi connectivity index (χ2v) is 9.38. The van der Waals surface area contributed by atoms with Gasteiger partial charge in [0.05, 0.1) is 42.4 Å². The molecule has 0 N–H and O–H groups in total. The number of alkyl halides is 3. The molecular weight excluding hydrogens is 445 g/mol. The molecule has 1 saturated carbocycles. The molecule has 1 aromatic carbocycles. The van der Waals surface area contributed by atoms with Crippen LogP contribution < -0.4 is 15.2 Å². The second-order valence-electron chi connectivity index (χ2n) is 7.93. The van der Waals surface area contributed by atoms with Crippen LogP contribution in [0.15, 0.2) is 41.3 Å². The van der Waals surface area contributed by atoms with Gasteiger partial charge in [0.2, 0.25) is 11.5 Å². The highest BCUT2D eigenvalue weighted by Gasteiger charge is 2.39. The first kappa shape index (κ1) is 22.9. The zero-order chi connectivity index (χ0) is 22.7. The largest absolute Gasteiger partial charge is 0.598 e. The van der Waals surface area contributed by atoms with Crippen LogP contribution in [0.25, 0.3) is 5.69 Å². The minimum atomic E-state index is -4.48. The third-order valence-electron chi connectivity index (χ3n) is 5.66. The minimum Gasteiger partial charge on any atom is -0.598 e. The van der Waals surface area contributed by atoms with Gasteiger partial charge in [0, 0.05) is 13.1 Å². The van der Waals surface area contributed by atoms with Crippen molar-refractivity contribution >= 4 is 17.0 Å². The van der Waals surface area contributed by atoms with Gasteiger partial charge in [-0.05, 0) is 37.8 Å². The standard InChI is InChI=1S/C21H25F3N4O3S/c22-21(23,24)15-32(30)27-12-10-26(11-13-27)18-14-25-28(16-6-2-1-3-7-16)20(29)19(18)31-17-8-4-5-9-17/h1-3,6-7,14,17H,4-5,8-13,15H2. The molecule has 0 amide bonds. The molecule has 4 rings (SSSR count). The van der Waals surface area contributed by atoms with Crippen molar-refractivity contribution in [1.29, 1.82) is 0 Å². The van der Waals surface area contributed by atoms with Crippen LogP contribution in [-0.4, -0.2) is 62.9 Å². The van der Waals surface area contributed by atoms with Crippen molar-refractivity contribution in [3.05, 3.63) is 46.9 Å². The van der Waals surface area contributed by atoms with E-state index < -0.39 is 23.3 Å². The Morgan fingerprint density at radius 3 is 2.38 bits per heavy atom. The Balaban J connectivity index is 1.57.